The minimum atomic E-state index is -0.129. The average molecular weight is 563 g/mol. The van der Waals surface area contributed by atoms with Gasteiger partial charge in [0, 0.05) is 47.1 Å². The molecular weight excluding hydrogens is 520 g/mol. The van der Waals surface area contributed by atoms with E-state index in [0.29, 0.717) is 33.6 Å². The van der Waals surface area contributed by atoms with Crippen LogP contribution in [0.1, 0.15) is 101 Å². The summed E-state index contributed by atoms with van der Waals surface area (Å²) in [4.78, 5) is 19.5. The highest BCUT2D eigenvalue weighted by atomic mass is 16.3. The van der Waals surface area contributed by atoms with E-state index in [4.69, 9.17) is 20.0 Å². The summed E-state index contributed by atoms with van der Waals surface area (Å²) in [6.07, 6.45) is 11.0. The van der Waals surface area contributed by atoms with Gasteiger partial charge in [-0.05, 0) is 71.2 Å². The van der Waals surface area contributed by atoms with E-state index in [1.165, 1.54) is 0 Å². The van der Waals surface area contributed by atoms with Crippen molar-refractivity contribution in [2.24, 2.45) is 20.0 Å². The molecule has 4 bridgehead atoms. The van der Waals surface area contributed by atoms with Crippen molar-refractivity contribution in [1.29, 1.82) is 0 Å². The van der Waals surface area contributed by atoms with Crippen molar-refractivity contribution >= 4 is 36.2 Å². The Hall–Kier alpha value is -4.06. The van der Waals surface area contributed by atoms with E-state index in [2.05, 4.69) is 41.5 Å². The van der Waals surface area contributed by atoms with Crippen LogP contribution in [0, 0.1) is 0 Å². The van der Waals surface area contributed by atoms with Crippen molar-refractivity contribution in [1.82, 2.24) is 0 Å². The summed E-state index contributed by atoms with van der Waals surface area (Å²) in [5, 5.41) is 22.6. The smallest absolute Gasteiger partial charge is 0.133 e. The number of para-hydroxylation sites is 2. The lowest BCUT2D eigenvalue weighted by Gasteiger charge is -2.26. The quantitative estimate of drug-likeness (QED) is 0.288. The fourth-order valence-corrected chi connectivity index (χ4v) is 5.37. The van der Waals surface area contributed by atoms with Gasteiger partial charge >= 0.3 is 0 Å². The molecule has 1 aliphatic carbocycles. The molecule has 3 aromatic rings. The molecule has 0 aromatic heterocycles. The maximum atomic E-state index is 11.3. The van der Waals surface area contributed by atoms with Crippen LogP contribution in [0.2, 0.25) is 0 Å². The zero-order valence-electron chi connectivity index (χ0n) is 25.6. The standard InChI is InChI=1S/C36H42N4O2/c1-35(2,3)27-15-23-19-37-29-11-7-9-13-31(29)39-21-25-17-28(36(4,5)6)18-26(34(25)42)22-40-32-14-10-8-12-30(32)38-20-24(16-27)33(23)41/h7,9,11,13,15-22,30,32,41-42H,8,10,12,14H2,1-6H3/t30-,32-/m1/s1. The van der Waals surface area contributed by atoms with Gasteiger partial charge < -0.3 is 10.2 Å². The Bertz CT molecular complexity index is 1470. The summed E-state index contributed by atoms with van der Waals surface area (Å²) in [5.74, 6) is 0.311. The summed E-state index contributed by atoms with van der Waals surface area (Å²) in [6.45, 7) is 12.9. The molecule has 0 unspecified atom stereocenters. The molecule has 1 fully saturated rings. The number of phenols is 2. The van der Waals surface area contributed by atoms with Gasteiger partial charge in [-0.1, -0.05) is 66.5 Å². The van der Waals surface area contributed by atoms with Crippen molar-refractivity contribution in [3.8, 4) is 11.5 Å². The molecule has 1 aliphatic heterocycles. The molecule has 3 aromatic carbocycles. The molecule has 1 saturated carbocycles. The lowest BCUT2D eigenvalue weighted by Crippen LogP contribution is -2.27. The number of fused-ring (bicyclic) bond motifs is 6. The topological polar surface area (TPSA) is 89.9 Å². The Balaban J connectivity index is 1.72. The Kier molecular flexibility index (Phi) is 8.18. The molecule has 2 aliphatic rings. The van der Waals surface area contributed by atoms with E-state index in [1.807, 2.05) is 48.5 Å². The van der Waals surface area contributed by atoms with Crippen molar-refractivity contribution < 1.29 is 10.2 Å². The summed E-state index contributed by atoms with van der Waals surface area (Å²) >= 11 is 0. The van der Waals surface area contributed by atoms with Crippen molar-refractivity contribution in [2.75, 3.05) is 0 Å². The molecular formula is C36H42N4O2. The van der Waals surface area contributed by atoms with E-state index in [9.17, 15) is 10.2 Å². The van der Waals surface area contributed by atoms with Crippen LogP contribution >= 0.6 is 0 Å². The van der Waals surface area contributed by atoms with E-state index < -0.39 is 0 Å². The largest absolute Gasteiger partial charge is 0.507 e. The van der Waals surface area contributed by atoms with E-state index >= 15 is 0 Å². The third-order valence-corrected chi connectivity index (χ3v) is 8.14. The van der Waals surface area contributed by atoms with Crippen LogP contribution in [0.25, 0.3) is 0 Å². The van der Waals surface area contributed by atoms with Gasteiger partial charge in [-0.2, -0.15) is 0 Å². The second kappa shape index (κ2) is 11.7. The average Bonchev–Trinajstić information content (AvgIpc) is 2.94. The third kappa shape index (κ3) is 6.53. The van der Waals surface area contributed by atoms with Crippen molar-refractivity contribution in [3.05, 3.63) is 81.9 Å². The van der Waals surface area contributed by atoms with Crippen LogP contribution in [-0.2, 0) is 10.8 Å². The van der Waals surface area contributed by atoms with Gasteiger partial charge in [-0.25, -0.2) is 0 Å². The molecule has 1 heterocycles. The highest BCUT2D eigenvalue weighted by Gasteiger charge is 2.25. The van der Waals surface area contributed by atoms with Gasteiger partial charge in [0.05, 0.1) is 23.5 Å². The molecule has 2 atom stereocenters. The summed E-state index contributed by atoms with van der Waals surface area (Å²) in [7, 11) is 0. The zero-order valence-corrected chi connectivity index (χ0v) is 25.6. The van der Waals surface area contributed by atoms with Gasteiger partial charge in [0.15, 0.2) is 0 Å². The number of aliphatic imine (C=N–C) groups is 4. The Morgan fingerprint density at radius 3 is 1.29 bits per heavy atom. The van der Waals surface area contributed by atoms with E-state index in [1.54, 1.807) is 24.9 Å². The van der Waals surface area contributed by atoms with Crippen molar-refractivity contribution in [2.45, 2.75) is 90.1 Å². The molecule has 6 heteroatoms. The first-order chi connectivity index (χ1) is 19.9. The minimum absolute atomic E-state index is 0.00968. The lowest BCUT2D eigenvalue weighted by atomic mass is 9.84. The molecule has 5 rings (SSSR count). The third-order valence-electron chi connectivity index (χ3n) is 8.14. The fourth-order valence-electron chi connectivity index (χ4n) is 5.37. The first-order valence-electron chi connectivity index (χ1n) is 14.9. The number of aromatic hydroxyl groups is 2. The first-order valence-corrected chi connectivity index (χ1v) is 14.9. The maximum Gasteiger partial charge on any atom is 0.133 e. The maximum absolute atomic E-state index is 11.3. The highest BCUT2D eigenvalue weighted by molar-refractivity contribution is 5.96. The van der Waals surface area contributed by atoms with Crippen LogP contribution in [0.15, 0.2) is 68.5 Å². The summed E-state index contributed by atoms with van der Waals surface area (Å²) < 4.78 is 0. The summed E-state index contributed by atoms with van der Waals surface area (Å²) in [5.41, 5.74) is 5.83. The SMILES string of the molecule is CC(C)(C)c1cc2c(O)c(c1)C=N[C@@H]1CCCC[C@H]1N=Cc1cc(C(C)(C)C)cc(c1O)C=Nc1ccccc1N=C2. The molecule has 0 amide bonds. The molecule has 6 nitrogen and oxygen atoms in total. The van der Waals surface area contributed by atoms with Gasteiger partial charge in [-0.3, -0.25) is 20.0 Å². The Morgan fingerprint density at radius 1 is 0.571 bits per heavy atom. The normalized spacial score (nSPS) is 19.1. The monoisotopic (exact) mass is 562 g/mol. The van der Waals surface area contributed by atoms with Gasteiger partial charge in [-0.15, -0.1) is 0 Å². The second-order valence-electron chi connectivity index (χ2n) is 13.5. The van der Waals surface area contributed by atoms with Crippen LogP contribution in [0.3, 0.4) is 0 Å². The number of benzene rings is 3. The Morgan fingerprint density at radius 2 is 0.929 bits per heavy atom. The predicted molar refractivity (Wildman–Crippen MR) is 176 cm³/mol. The fraction of sp³-hybridized carbons (Fsp3) is 0.389. The molecule has 0 saturated heterocycles. The van der Waals surface area contributed by atoms with E-state index in [0.717, 1.165) is 36.8 Å². The van der Waals surface area contributed by atoms with Crippen LogP contribution < -0.4 is 0 Å². The van der Waals surface area contributed by atoms with Gasteiger partial charge in [0.25, 0.3) is 0 Å². The van der Waals surface area contributed by atoms with Crippen molar-refractivity contribution in [3.63, 3.8) is 0 Å². The molecule has 42 heavy (non-hydrogen) atoms. The van der Waals surface area contributed by atoms with E-state index in [-0.39, 0.29) is 34.4 Å². The predicted octanol–water partition coefficient (Wildman–Crippen LogP) is 8.36. The zero-order chi connectivity index (χ0) is 30.1. The number of hydrogen-bond donors (Lipinski definition) is 2. The first kappa shape index (κ1) is 29.4. The number of rotatable bonds is 0. The van der Waals surface area contributed by atoms with Gasteiger partial charge in [0.1, 0.15) is 11.5 Å². The van der Waals surface area contributed by atoms with Crippen LogP contribution in [-0.4, -0.2) is 47.2 Å². The lowest BCUT2D eigenvalue weighted by molar-refractivity contribution is 0.390. The molecule has 218 valence electrons. The molecule has 0 radical (unpaired) electrons. The number of phenolic OH excluding ortho intramolecular Hbond substituents is 2. The Labute approximate surface area is 249 Å². The number of nitrogens with zero attached hydrogens (tertiary/aromatic N) is 4. The number of hydrogen-bond acceptors (Lipinski definition) is 6. The van der Waals surface area contributed by atoms with Crippen LogP contribution in [0.4, 0.5) is 11.4 Å². The minimum Gasteiger partial charge on any atom is -0.507 e. The highest BCUT2D eigenvalue weighted by Crippen LogP contribution is 2.34. The molecule has 0 spiro atoms. The summed E-state index contributed by atoms with van der Waals surface area (Å²) in [6, 6.07) is 15.6. The van der Waals surface area contributed by atoms with Gasteiger partial charge in [0.2, 0.25) is 0 Å². The second-order valence-corrected chi connectivity index (χ2v) is 13.5. The molecule has 2 N–H and O–H groups in total. The van der Waals surface area contributed by atoms with Crippen LogP contribution in [0.5, 0.6) is 11.5 Å².